The lowest BCUT2D eigenvalue weighted by Crippen LogP contribution is -2.33. The third-order valence-corrected chi connectivity index (χ3v) is 4.16. The number of amides is 1. The fraction of sp³-hybridized carbons (Fsp3) is 0.235. The predicted octanol–water partition coefficient (Wildman–Crippen LogP) is 4.88. The van der Waals surface area contributed by atoms with Crippen LogP contribution in [-0.4, -0.2) is 26.4 Å². The lowest BCUT2D eigenvalue weighted by atomic mass is 10.1. The van der Waals surface area contributed by atoms with Gasteiger partial charge in [-0.2, -0.15) is 0 Å². The highest BCUT2D eigenvalue weighted by Crippen LogP contribution is 2.28. The van der Waals surface area contributed by atoms with E-state index < -0.39 is 0 Å². The van der Waals surface area contributed by atoms with Gasteiger partial charge in [0, 0.05) is 26.8 Å². The van der Waals surface area contributed by atoms with E-state index >= 15 is 0 Å². The number of carbonyl (C=O) groups is 1. The SMILES string of the molecule is CCOc1ccc(N(COC)C(=O)c2ccc(N=[N+]=[N-])cc2)c(I)c1. The summed E-state index contributed by atoms with van der Waals surface area (Å²) in [7, 11) is 1.53. The van der Waals surface area contributed by atoms with Crippen molar-refractivity contribution in [2.24, 2.45) is 5.11 Å². The number of rotatable bonds is 7. The van der Waals surface area contributed by atoms with Gasteiger partial charge < -0.3 is 9.47 Å². The Labute approximate surface area is 159 Å². The van der Waals surface area contributed by atoms with E-state index in [-0.39, 0.29) is 12.6 Å². The molecule has 0 bridgehead atoms. The van der Waals surface area contributed by atoms with Crippen LogP contribution in [-0.2, 0) is 4.74 Å². The molecule has 0 aromatic heterocycles. The Bertz CT molecular complexity index is 789. The zero-order valence-corrected chi connectivity index (χ0v) is 16.0. The molecule has 0 aliphatic rings. The Morgan fingerprint density at radius 1 is 1.28 bits per heavy atom. The molecule has 0 N–H and O–H groups in total. The lowest BCUT2D eigenvalue weighted by molar-refractivity contribution is 0.0936. The molecule has 0 unspecified atom stereocenters. The number of azide groups is 1. The molecule has 130 valence electrons. The Balaban J connectivity index is 2.33. The first-order valence-electron chi connectivity index (χ1n) is 7.49. The first-order valence-corrected chi connectivity index (χ1v) is 8.57. The summed E-state index contributed by atoms with van der Waals surface area (Å²) in [5.74, 6) is 0.538. The largest absolute Gasteiger partial charge is 0.494 e. The first-order chi connectivity index (χ1) is 12.1. The van der Waals surface area contributed by atoms with Crippen molar-refractivity contribution >= 4 is 39.9 Å². The van der Waals surface area contributed by atoms with Gasteiger partial charge in [-0.15, -0.1) is 0 Å². The van der Waals surface area contributed by atoms with Gasteiger partial charge in [0.15, 0.2) is 0 Å². The van der Waals surface area contributed by atoms with Crippen LogP contribution >= 0.6 is 22.6 Å². The molecular weight excluding hydrogens is 435 g/mol. The fourth-order valence-corrected chi connectivity index (χ4v) is 2.99. The van der Waals surface area contributed by atoms with Crippen molar-refractivity contribution in [3.63, 3.8) is 0 Å². The Hall–Kier alpha value is -2.29. The molecule has 0 atom stereocenters. The van der Waals surface area contributed by atoms with E-state index in [1.165, 1.54) is 7.11 Å². The van der Waals surface area contributed by atoms with E-state index in [4.69, 9.17) is 15.0 Å². The highest BCUT2D eigenvalue weighted by Gasteiger charge is 2.20. The molecule has 0 radical (unpaired) electrons. The van der Waals surface area contributed by atoms with Crippen molar-refractivity contribution in [3.05, 3.63) is 62.0 Å². The number of anilines is 1. The number of methoxy groups -OCH3 is 1. The van der Waals surface area contributed by atoms with Crippen LogP contribution in [0, 0.1) is 3.57 Å². The van der Waals surface area contributed by atoms with Crippen LogP contribution in [0.25, 0.3) is 10.4 Å². The molecule has 25 heavy (non-hydrogen) atoms. The highest BCUT2D eigenvalue weighted by molar-refractivity contribution is 14.1. The van der Waals surface area contributed by atoms with Gasteiger partial charge in [-0.05, 0) is 65.4 Å². The molecule has 0 saturated carbocycles. The van der Waals surface area contributed by atoms with Crippen molar-refractivity contribution in [3.8, 4) is 5.75 Å². The van der Waals surface area contributed by atoms with Crippen LogP contribution in [0.3, 0.4) is 0 Å². The summed E-state index contributed by atoms with van der Waals surface area (Å²) in [4.78, 5) is 17.1. The van der Waals surface area contributed by atoms with Gasteiger partial charge in [0.1, 0.15) is 12.5 Å². The van der Waals surface area contributed by atoms with Crippen LogP contribution in [0.1, 0.15) is 17.3 Å². The summed E-state index contributed by atoms with van der Waals surface area (Å²) in [6.07, 6.45) is 0. The molecule has 0 aliphatic carbocycles. The normalized spacial score (nSPS) is 10.0. The fourth-order valence-electron chi connectivity index (χ4n) is 2.21. The molecular formula is C17H17IN4O3. The zero-order valence-electron chi connectivity index (χ0n) is 13.8. The smallest absolute Gasteiger partial charge is 0.260 e. The quantitative estimate of drug-likeness (QED) is 0.197. The summed E-state index contributed by atoms with van der Waals surface area (Å²) >= 11 is 2.16. The van der Waals surface area contributed by atoms with Gasteiger partial charge in [-0.25, -0.2) is 0 Å². The third kappa shape index (κ3) is 4.85. The maximum atomic E-state index is 12.9. The van der Waals surface area contributed by atoms with E-state index in [2.05, 4.69) is 32.6 Å². The van der Waals surface area contributed by atoms with Crippen molar-refractivity contribution in [1.82, 2.24) is 0 Å². The number of nitrogens with zero attached hydrogens (tertiary/aromatic N) is 4. The molecule has 2 rings (SSSR count). The number of hydrogen-bond donors (Lipinski definition) is 0. The second-order valence-electron chi connectivity index (χ2n) is 4.93. The monoisotopic (exact) mass is 452 g/mol. The summed E-state index contributed by atoms with van der Waals surface area (Å²) in [6, 6.07) is 12.0. The molecule has 0 fully saturated rings. The number of hydrogen-bond acceptors (Lipinski definition) is 4. The molecule has 8 heteroatoms. The molecule has 2 aromatic rings. The van der Waals surface area contributed by atoms with E-state index in [1.807, 2.05) is 25.1 Å². The Morgan fingerprint density at radius 2 is 2.00 bits per heavy atom. The molecule has 1 amide bonds. The number of ether oxygens (including phenoxy) is 2. The van der Waals surface area contributed by atoms with Gasteiger partial charge in [0.25, 0.3) is 5.91 Å². The molecule has 0 spiro atoms. The summed E-state index contributed by atoms with van der Waals surface area (Å²) in [6.45, 7) is 2.61. The number of carbonyl (C=O) groups excluding carboxylic acids is 1. The van der Waals surface area contributed by atoms with E-state index in [1.54, 1.807) is 29.2 Å². The van der Waals surface area contributed by atoms with E-state index in [9.17, 15) is 4.79 Å². The van der Waals surface area contributed by atoms with Crippen LogP contribution in [0.5, 0.6) is 5.75 Å². The van der Waals surface area contributed by atoms with Crippen LogP contribution in [0.4, 0.5) is 11.4 Å². The molecule has 0 aliphatic heterocycles. The van der Waals surface area contributed by atoms with Gasteiger partial charge in [-0.1, -0.05) is 17.2 Å². The van der Waals surface area contributed by atoms with Crippen molar-refractivity contribution in [1.29, 1.82) is 0 Å². The maximum Gasteiger partial charge on any atom is 0.260 e. The summed E-state index contributed by atoms with van der Waals surface area (Å²) in [5, 5.41) is 3.50. The second kappa shape index (κ2) is 9.26. The Kier molecular flexibility index (Phi) is 7.05. The molecule has 0 saturated heterocycles. The average molecular weight is 452 g/mol. The van der Waals surface area contributed by atoms with Crippen LogP contribution in [0.2, 0.25) is 0 Å². The minimum absolute atomic E-state index is 0.112. The zero-order chi connectivity index (χ0) is 18.2. The van der Waals surface area contributed by atoms with Crippen LogP contribution in [0.15, 0.2) is 47.6 Å². The summed E-state index contributed by atoms with van der Waals surface area (Å²) in [5.41, 5.74) is 10.1. The second-order valence-corrected chi connectivity index (χ2v) is 6.10. The average Bonchev–Trinajstić information content (AvgIpc) is 2.61. The number of benzene rings is 2. The topological polar surface area (TPSA) is 87.5 Å². The van der Waals surface area contributed by atoms with E-state index in [0.29, 0.717) is 17.9 Å². The van der Waals surface area contributed by atoms with Crippen molar-refractivity contribution in [2.45, 2.75) is 6.92 Å². The standard InChI is InChI=1S/C17H17IN4O3/c1-3-25-14-8-9-16(15(18)10-14)22(11-24-2)17(23)12-4-6-13(7-5-12)20-21-19/h4-10H,3,11H2,1-2H3. The number of halogens is 1. The maximum absolute atomic E-state index is 12.9. The van der Waals surface area contributed by atoms with Gasteiger partial charge in [-0.3, -0.25) is 9.69 Å². The minimum atomic E-state index is -0.212. The molecule has 2 aromatic carbocycles. The van der Waals surface area contributed by atoms with Crippen LogP contribution < -0.4 is 9.64 Å². The third-order valence-electron chi connectivity index (χ3n) is 3.30. The molecule has 7 nitrogen and oxygen atoms in total. The first kappa shape index (κ1) is 19.0. The van der Waals surface area contributed by atoms with Crippen molar-refractivity contribution in [2.75, 3.05) is 25.3 Å². The Morgan fingerprint density at radius 3 is 2.56 bits per heavy atom. The predicted molar refractivity (Wildman–Crippen MR) is 104 cm³/mol. The van der Waals surface area contributed by atoms with Gasteiger partial charge in [0.05, 0.1) is 12.3 Å². The molecule has 0 heterocycles. The lowest BCUT2D eigenvalue weighted by Gasteiger charge is -2.23. The highest BCUT2D eigenvalue weighted by atomic mass is 127. The summed E-state index contributed by atoms with van der Waals surface area (Å²) < 4.78 is 11.6. The minimum Gasteiger partial charge on any atom is -0.494 e. The van der Waals surface area contributed by atoms with Gasteiger partial charge >= 0.3 is 0 Å². The van der Waals surface area contributed by atoms with E-state index in [0.717, 1.165) is 15.0 Å². The van der Waals surface area contributed by atoms with Crippen molar-refractivity contribution < 1.29 is 14.3 Å². The van der Waals surface area contributed by atoms with Gasteiger partial charge in [0.2, 0.25) is 0 Å².